The van der Waals surface area contributed by atoms with Gasteiger partial charge in [-0.05, 0) is 0 Å². The van der Waals surface area contributed by atoms with E-state index in [0.29, 0.717) is 0 Å². The van der Waals surface area contributed by atoms with Gasteiger partial charge in [0.2, 0.25) is 0 Å². The third-order valence-corrected chi connectivity index (χ3v) is 1.29. The van der Waals surface area contributed by atoms with Gasteiger partial charge in [0.1, 0.15) is 0 Å². The van der Waals surface area contributed by atoms with Crippen molar-refractivity contribution < 1.29 is 37.2 Å². The van der Waals surface area contributed by atoms with Crippen molar-refractivity contribution in [2.75, 3.05) is 0 Å². The van der Waals surface area contributed by atoms with Gasteiger partial charge in [0, 0.05) is 0 Å². The van der Waals surface area contributed by atoms with Gasteiger partial charge in [-0.15, -0.1) is 0 Å². The molecule has 2 rings (SSSR count). The van der Waals surface area contributed by atoms with Gasteiger partial charge in [0.25, 0.3) is 0 Å². The molecule has 8 nitrogen and oxygen atoms in total. The van der Waals surface area contributed by atoms with Gasteiger partial charge >= 0.3 is 73.8 Å². The van der Waals surface area contributed by atoms with Gasteiger partial charge in [-0.2, -0.15) is 0 Å². The Morgan fingerprint density at radius 3 is 2.23 bits per heavy atom. The van der Waals surface area contributed by atoms with Gasteiger partial charge in [0.05, 0.1) is 0 Å². The summed E-state index contributed by atoms with van der Waals surface area (Å²) in [6, 6.07) is 0. The van der Waals surface area contributed by atoms with Crippen molar-refractivity contribution >= 4 is 36.6 Å². The van der Waals surface area contributed by atoms with Crippen LogP contribution in [-0.4, -0.2) is 41.7 Å². The second-order valence-corrected chi connectivity index (χ2v) is 2.09. The van der Waals surface area contributed by atoms with Crippen molar-refractivity contribution in [3.8, 4) is 0 Å². The van der Waals surface area contributed by atoms with Crippen LogP contribution in [0.5, 0.6) is 0 Å². The van der Waals surface area contributed by atoms with Crippen molar-refractivity contribution in [2.45, 2.75) is 0 Å². The molecule has 0 aromatic carbocycles. The van der Waals surface area contributed by atoms with E-state index in [1.54, 1.807) is 0 Å². The molecule has 2 bridgehead atoms. The van der Waals surface area contributed by atoms with Crippen LogP contribution in [0.2, 0.25) is 0 Å². The first-order chi connectivity index (χ1) is 6.28. The Morgan fingerprint density at radius 2 is 1.69 bits per heavy atom. The van der Waals surface area contributed by atoms with Crippen LogP contribution in [-0.2, 0) is 32.1 Å². The standard InChI is InChI=1S/B5HO8/c6-1-8-3-11-4-9-2(7)10-5(12-3)13-4/h7H. The molecular weight excluding hydrogens is 182 g/mol. The van der Waals surface area contributed by atoms with Crippen LogP contribution in [0.3, 0.4) is 0 Å². The summed E-state index contributed by atoms with van der Waals surface area (Å²) in [7, 11) is -4.95. The Kier molecular flexibility index (Phi) is 2.72. The molecule has 0 aromatic heterocycles. The molecular formula is HB5O8. The minimum atomic E-state index is -1.49. The van der Waals surface area contributed by atoms with E-state index in [4.69, 9.17) is 18.7 Å². The Morgan fingerprint density at radius 1 is 1.08 bits per heavy atom. The van der Waals surface area contributed by atoms with Crippen LogP contribution >= 0.6 is 0 Å². The van der Waals surface area contributed by atoms with Crippen molar-refractivity contribution in [1.29, 1.82) is 0 Å². The molecule has 0 saturated carbocycles. The molecule has 2 aliphatic heterocycles. The summed E-state index contributed by atoms with van der Waals surface area (Å²) in [5.74, 6) is 0. The zero-order valence-electron chi connectivity index (χ0n) is 6.19. The van der Waals surface area contributed by atoms with Gasteiger partial charge in [-0.25, -0.2) is 0 Å². The monoisotopic (exact) mass is 184 g/mol. The molecule has 2 heterocycles. The van der Waals surface area contributed by atoms with Gasteiger partial charge < -0.3 is 0 Å². The van der Waals surface area contributed by atoms with Gasteiger partial charge in [-0.3, -0.25) is 0 Å². The van der Waals surface area contributed by atoms with Crippen LogP contribution < -0.4 is 0 Å². The van der Waals surface area contributed by atoms with E-state index < -0.39 is 29.3 Å². The van der Waals surface area contributed by atoms with Crippen molar-refractivity contribution in [1.82, 2.24) is 0 Å². The molecule has 0 unspecified atom stereocenters. The summed E-state index contributed by atoms with van der Waals surface area (Å²) in [5, 5.41) is 8.84. The van der Waals surface area contributed by atoms with Crippen LogP contribution in [0.1, 0.15) is 0 Å². The Bertz CT molecular complexity index is 177. The number of rotatable bonds is 2. The maximum absolute atomic E-state index is 9.90. The van der Waals surface area contributed by atoms with E-state index in [-0.39, 0.29) is 7.35 Å². The molecule has 1 N–H and O–H groups in total. The molecule has 0 spiro atoms. The first kappa shape index (κ1) is 9.25. The van der Waals surface area contributed by atoms with E-state index in [1.807, 2.05) is 0 Å². The third kappa shape index (κ3) is 2.13. The minimum absolute atomic E-state index is 0.141. The molecule has 0 aromatic rings. The summed E-state index contributed by atoms with van der Waals surface area (Å²) < 4.78 is 37.4. The Hall–Kier alpha value is -0.315. The van der Waals surface area contributed by atoms with Gasteiger partial charge in [-0.1, -0.05) is 0 Å². The third-order valence-electron chi connectivity index (χ3n) is 1.29. The molecule has 0 atom stereocenters. The second kappa shape index (κ2) is 3.82. The number of hydrogen-bond donors (Lipinski definition) is 1. The van der Waals surface area contributed by atoms with Crippen LogP contribution in [0.4, 0.5) is 0 Å². The molecule has 13 heteroatoms. The molecule has 2 saturated heterocycles. The summed E-state index contributed by atoms with van der Waals surface area (Å²) in [5.41, 5.74) is 0. The first-order valence-corrected chi connectivity index (χ1v) is 3.32. The Balaban J connectivity index is 1.93. The van der Waals surface area contributed by atoms with E-state index >= 15 is 0 Å². The van der Waals surface area contributed by atoms with E-state index in [0.717, 1.165) is 0 Å². The fraction of sp³-hybridized carbons (Fsp3) is 0. The number of hydrogen-bond acceptors (Lipinski definition) is 8. The average Bonchev–Trinajstić information content (AvgIpc) is 2.01. The predicted octanol–water partition coefficient (Wildman–Crippen LogP) is -2.99. The van der Waals surface area contributed by atoms with Crippen molar-refractivity contribution in [3.05, 3.63) is 0 Å². The fourth-order valence-corrected chi connectivity index (χ4v) is 0.828. The van der Waals surface area contributed by atoms with Crippen molar-refractivity contribution in [3.63, 3.8) is 0 Å². The van der Waals surface area contributed by atoms with E-state index in [2.05, 4.69) is 13.7 Å². The quantitative estimate of drug-likeness (QED) is 0.453. The summed E-state index contributed by atoms with van der Waals surface area (Å²) in [4.78, 5) is 0. The predicted molar refractivity (Wildman–Crippen MR) is 38.2 cm³/mol. The van der Waals surface area contributed by atoms with Crippen LogP contribution in [0.15, 0.2) is 0 Å². The normalized spacial score (nSPS) is 21.6. The maximum atomic E-state index is 9.90. The van der Waals surface area contributed by atoms with Crippen LogP contribution in [0.25, 0.3) is 0 Å². The van der Waals surface area contributed by atoms with E-state index in [9.17, 15) is 4.70 Å². The molecule has 0 amide bonds. The van der Waals surface area contributed by atoms with Crippen LogP contribution in [0, 0.1) is 0 Å². The van der Waals surface area contributed by atoms with Crippen molar-refractivity contribution in [2.24, 2.45) is 0 Å². The summed E-state index contributed by atoms with van der Waals surface area (Å²) >= 11 is 0. The molecule has 2 aliphatic rings. The number of fused-ring (bicyclic) bond motifs is 2. The summed E-state index contributed by atoms with van der Waals surface area (Å²) in [6.07, 6.45) is 0. The Labute approximate surface area is 74.7 Å². The first-order valence-electron chi connectivity index (χ1n) is 3.32. The SMILES string of the molecule is O=BOB1OB2OB(O)OB(O1)O2. The molecule has 64 valence electrons. The molecule has 13 heavy (non-hydrogen) atoms. The van der Waals surface area contributed by atoms with E-state index in [1.165, 1.54) is 0 Å². The molecule has 0 radical (unpaired) electrons. The average molecular weight is 183 g/mol. The fourth-order valence-electron chi connectivity index (χ4n) is 0.828. The second-order valence-electron chi connectivity index (χ2n) is 2.09. The van der Waals surface area contributed by atoms with Gasteiger partial charge in [0.15, 0.2) is 0 Å². The molecule has 2 fully saturated rings. The zero-order valence-corrected chi connectivity index (χ0v) is 6.19. The summed E-state index contributed by atoms with van der Waals surface area (Å²) in [6.45, 7) is 0. The molecule has 0 aliphatic carbocycles. The topological polar surface area (TPSA) is 92.7 Å². The zero-order chi connectivity index (χ0) is 9.26.